The number of rotatable bonds is 4. The van der Waals surface area contributed by atoms with Crippen LogP contribution in [0.1, 0.15) is 29.8 Å². The molecule has 118 valence electrons. The fourth-order valence-corrected chi connectivity index (χ4v) is 4.00. The molecule has 1 unspecified atom stereocenters. The summed E-state index contributed by atoms with van der Waals surface area (Å²) in [5.41, 5.74) is 2.11. The summed E-state index contributed by atoms with van der Waals surface area (Å²) in [6.45, 7) is 4.92. The van der Waals surface area contributed by atoms with Gasteiger partial charge in [-0.05, 0) is 18.1 Å². The predicted octanol–water partition coefficient (Wildman–Crippen LogP) is 3.60. The normalized spacial score (nSPS) is 19.0. The number of carbonyl (C=O) groups is 1. The molecule has 2 aromatic rings. The molecule has 1 aliphatic rings. The first kappa shape index (κ1) is 15.8. The highest BCUT2D eigenvalue weighted by atomic mass is 32.2. The average molecular weight is 325 g/mol. The molecule has 1 atom stereocenters. The van der Waals surface area contributed by atoms with Crippen LogP contribution in [0.5, 0.6) is 0 Å². The second-order valence-electron chi connectivity index (χ2n) is 5.94. The van der Waals surface area contributed by atoms with Gasteiger partial charge in [0.25, 0.3) is 0 Å². The third kappa shape index (κ3) is 3.05. The highest BCUT2D eigenvalue weighted by Gasteiger charge is 2.41. The number of Topliss-reactive ketones (excluding diaryl/α,β-unsaturated/α-hetero) is 1. The van der Waals surface area contributed by atoms with E-state index in [1.54, 1.807) is 18.2 Å². The summed E-state index contributed by atoms with van der Waals surface area (Å²) >= 11 is -1.44. The van der Waals surface area contributed by atoms with Crippen molar-refractivity contribution >= 4 is 22.7 Å². The predicted molar refractivity (Wildman–Crippen MR) is 93.4 cm³/mol. The minimum absolute atomic E-state index is 0.144. The summed E-state index contributed by atoms with van der Waals surface area (Å²) in [6.07, 6.45) is 0. The molecular weight excluding hydrogens is 306 g/mol. The first-order valence-electron chi connectivity index (χ1n) is 7.68. The summed E-state index contributed by atoms with van der Waals surface area (Å²) in [7, 11) is 0. The zero-order valence-corrected chi connectivity index (χ0v) is 14.0. The molecule has 4 heteroatoms. The van der Waals surface area contributed by atoms with Crippen LogP contribution in [0.2, 0.25) is 0 Å². The molecule has 23 heavy (non-hydrogen) atoms. The Bertz CT molecular complexity index is 753. The molecule has 0 spiro atoms. The number of carbonyl (C=O) groups excluding carboxylic acids is 1. The molecule has 0 saturated carbocycles. The van der Waals surface area contributed by atoms with Gasteiger partial charge in [-0.2, -0.15) is 0 Å². The van der Waals surface area contributed by atoms with Crippen LogP contribution >= 0.6 is 0 Å². The van der Waals surface area contributed by atoms with Gasteiger partial charge in [0, 0.05) is 23.3 Å². The van der Waals surface area contributed by atoms with E-state index in [1.807, 2.05) is 36.4 Å². The molecule has 0 amide bonds. The molecule has 0 aliphatic carbocycles. The maximum absolute atomic E-state index is 12.9. The molecule has 0 bridgehead atoms. The highest BCUT2D eigenvalue weighted by molar-refractivity contribution is 7.97. The van der Waals surface area contributed by atoms with Crippen LogP contribution in [0.25, 0.3) is 5.70 Å². The van der Waals surface area contributed by atoms with Crippen LogP contribution in [0.3, 0.4) is 0 Å². The van der Waals surface area contributed by atoms with Crippen molar-refractivity contribution in [3.05, 3.63) is 70.6 Å². The third-order valence-electron chi connectivity index (χ3n) is 3.70. The lowest BCUT2D eigenvalue weighted by Gasteiger charge is -2.15. The minimum atomic E-state index is -1.44. The van der Waals surface area contributed by atoms with E-state index in [0.29, 0.717) is 33.5 Å². The SMILES string of the molecule is CC(C)CN/C(=C1\C(=O)c2ccccc2[S+]1[O-])c1ccccc1. The lowest BCUT2D eigenvalue weighted by Crippen LogP contribution is -2.22. The van der Waals surface area contributed by atoms with Crippen LogP contribution in [-0.2, 0) is 11.2 Å². The Morgan fingerprint density at radius 3 is 2.39 bits per heavy atom. The summed E-state index contributed by atoms with van der Waals surface area (Å²) in [6, 6.07) is 16.8. The number of ketones is 1. The molecule has 0 fully saturated rings. The van der Waals surface area contributed by atoms with E-state index >= 15 is 0 Å². The number of nitrogens with one attached hydrogen (secondary N) is 1. The topological polar surface area (TPSA) is 52.2 Å². The molecule has 3 nitrogen and oxygen atoms in total. The molecule has 0 saturated heterocycles. The minimum Gasteiger partial charge on any atom is -0.606 e. The standard InChI is InChI=1S/C19H19NO2S/c1-13(2)12-20-17(14-8-4-3-5-9-14)19-18(21)15-10-6-7-11-16(15)23(19)22/h3-11,13,20H,12H2,1-2H3/b19-17+. The monoisotopic (exact) mass is 325 g/mol. The largest absolute Gasteiger partial charge is 0.606 e. The number of allylic oxidation sites excluding steroid dienone is 1. The zero-order valence-electron chi connectivity index (χ0n) is 13.2. The maximum Gasteiger partial charge on any atom is 0.248 e. The van der Waals surface area contributed by atoms with Gasteiger partial charge in [0.1, 0.15) is 5.70 Å². The van der Waals surface area contributed by atoms with Crippen LogP contribution in [0.4, 0.5) is 0 Å². The fraction of sp³-hybridized carbons (Fsp3) is 0.211. The van der Waals surface area contributed by atoms with Gasteiger partial charge < -0.3 is 9.87 Å². The van der Waals surface area contributed by atoms with Crippen molar-refractivity contribution in [3.8, 4) is 0 Å². The molecule has 1 N–H and O–H groups in total. The van der Waals surface area contributed by atoms with Gasteiger partial charge >= 0.3 is 0 Å². The Labute approximate surface area is 139 Å². The van der Waals surface area contributed by atoms with Crippen molar-refractivity contribution in [2.24, 2.45) is 5.92 Å². The van der Waals surface area contributed by atoms with E-state index in [-0.39, 0.29) is 5.78 Å². The second kappa shape index (κ2) is 6.60. The lowest BCUT2D eigenvalue weighted by atomic mass is 10.1. The van der Waals surface area contributed by atoms with E-state index < -0.39 is 11.2 Å². The number of hydrogen-bond acceptors (Lipinski definition) is 3. The highest BCUT2D eigenvalue weighted by Crippen LogP contribution is 2.37. The van der Waals surface area contributed by atoms with Crippen molar-refractivity contribution in [2.45, 2.75) is 18.7 Å². The second-order valence-corrected chi connectivity index (χ2v) is 7.32. The summed E-state index contributed by atoms with van der Waals surface area (Å²) in [5.74, 6) is 0.274. The van der Waals surface area contributed by atoms with E-state index in [9.17, 15) is 9.35 Å². The van der Waals surface area contributed by atoms with Gasteiger partial charge in [-0.25, -0.2) is 0 Å². The Morgan fingerprint density at radius 2 is 1.74 bits per heavy atom. The molecule has 1 heterocycles. The van der Waals surface area contributed by atoms with E-state index in [1.165, 1.54) is 0 Å². The molecule has 0 radical (unpaired) electrons. The lowest BCUT2D eigenvalue weighted by molar-refractivity contribution is 0.104. The fourth-order valence-electron chi connectivity index (χ4n) is 2.56. The van der Waals surface area contributed by atoms with Crippen molar-refractivity contribution in [2.75, 3.05) is 6.54 Å². The van der Waals surface area contributed by atoms with E-state index in [4.69, 9.17) is 0 Å². The third-order valence-corrected chi connectivity index (χ3v) is 5.22. The molecular formula is C19H19NO2S. The Morgan fingerprint density at radius 1 is 1.09 bits per heavy atom. The first-order valence-corrected chi connectivity index (χ1v) is 8.83. The van der Waals surface area contributed by atoms with Gasteiger partial charge in [0.05, 0.1) is 5.56 Å². The molecule has 1 aliphatic heterocycles. The van der Waals surface area contributed by atoms with Crippen LogP contribution in [-0.4, -0.2) is 16.9 Å². The van der Waals surface area contributed by atoms with Crippen LogP contribution in [0.15, 0.2) is 64.4 Å². The van der Waals surface area contributed by atoms with Gasteiger partial charge in [-0.15, -0.1) is 0 Å². The van der Waals surface area contributed by atoms with Crippen molar-refractivity contribution < 1.29 is 9.35 Å². The van der Waals surface area contributed by atoms with Crippen molar-refractivity contribution in [3.63, 3.8) is 0 Å². The summed E-state index contributed by atoms with van der Waals surface area (Å²) in [4.78, 5) is 13.7. The van der Waals surface area contributed by atoms with E-state index in [2.05, 4.69) is 19.2 Å². The van der Waals surface area contributed by atoms with Gasteiger partial charge in [-0.1, -0.05) is 56.3 Å². The maximum atomic E-state index is 12.9. The van der Waals surface area contributed by atoms with E-state index in [0.717, 1.165) is 5.56 Å². The number of fused-ring (bicyclic) bond motifs is 1. The van der Waals surface area contributed by atoms with Crippen LogP contribution < -0.4 is 5.32 Å². The molecule has 3 rings (SSSR count). The summed E-state index contributed by atoms with van der Waals surface area (Å²) in [5, 5.41) is 3.34. The molecule has 2 aromatic carbocycles. The van der Waals surface area contributed by atoms with Gasteiger partial charge in [0.15, 0.2) is 4.90 Å². The zero-order chi connectivity index (χ0) is 16.4. The average Bonchev–Trinajstić information content (AvgIpc) is 2.81. The Kier molecular flexibility index (Phi) is 4.55. The van der Waals surface area contributed by atoms with Crippen molar-refractivity contribution in [1.29, 1.82) is 0 Å². The Balaban J connectivity index is 2.12. The first-order chi connectivity index (χ1) is 11.1. The smallest absolute Gasteiger partial charge is 0.248 e. The quantitative estimate of drug-likeness (QED) is 0.690. The molecule has 0 aromatic heterocycles. The number of hydrogen-bond donors (Lipinski definition) is 1. The number of benzene rings is 2. The Hall–Kier alpha value is -2.04. The van der Waals surface area contributed by atoms with Gasteiger partial charge in [0.2, 0.25) is 10.7 Å². The van der Waals surface area contributed by atoms with Gasteiger partial charge in [-0.3, -0.25) is 4.79 Å². The summed E-state index contributed by atoms with van der Waals surface area (Å²) < 4.78 is 12.9. The van der Waals surface area contributed by atoms with Crippen molar-refractivity contribution in [1.82, 2.24) is 5.32 Å². The van der Waals surface area contributed by atoms with Crippen LogP contribution in [0, 0.1) is 5.92 Å².